The van der Waals surface area contributed by atoms with Crippen molar-refractivity contribution in [2.45, 2.75) is 12.1 Å². The summed E-state index contributed by atoms with van der Waals surface area (Å²) in [7, 11) is 0. The van der Waals surface area contributed by atoms with Gasteiger partial charge in [0.1, 0.15) is 5.82 Å². The highest BCUT2D eigenvalue weighted by atomic mass is 32.2. The quantitative estimate of drug-likeness (QED) is 0.287. The number of aromatic nitrogens is 3. The van der Waals surface area contributed by atoms with E-state index in [9.17, 15) is 18.8 Å². The van der Waals surface area contributed by atoms with Crippen LogP contribution in [0.4, 0.5) is 9.18 Å². The van der Waals surface area contributed by atoms with Gasteiger partial charge in [0.15, 0.2) is 10.8 Å². The Morgan fingerprint density at radius 2 is 1.92 bits per heavy atom. The molecule has 1 N–H and O–H groups in total. The minimum absolute atomic E-state index is 0.0213. The summed E-state index contributed by atoms with van der Waals surface area (Å²) < 4.78 is 15.8. The molecule has 3 amide bonds. The van der Waals surface area contributed by atoms with Crippen LogP contribution in [0.1, 0.15) is 11.1 Å². The van der Waals surface area contributed by atoms with Crippen LogP contribution >= 0.6 is 23.5 Å². The number of nitrogens with zero attached hydrogens (tertiary/aromatic N) is 4. The van der Waals surface area contributed by atoms with Gasteiger partial charge < -0.3 is 5.32 Å². The number of amides is 3. The third-order valence-corrected chi connectivity index (χ3v) is 7.47. The molecule has 2 aromatic heterocycles. The molecule has 36 heavy (non-hydrogen) atoms. The first kappa shape index (κ1) is 24.0. The molecule has 5 rings (SSSR count). The molecular formula is C25H20FN5O3S2. The van der Waals surface area contributed by atoms with E-state index in [4.69, 9.17) is 0 Å². The van der Waals surface area contributed by atoms with Gasteiger partial charge in [-0.2, -0.15) is 0 Å². The first-order chi connectivity index (χ1) is 17.4. The lowest BCUT2D eigenvalue weighted by Gasteiger charge is -2.13. The van der Waals surface area contributed by atoms with Crippen LogP contribution in [0, 0.1) is 12.7 Å². The molecule has 182 valence electrons. The minimum atomic E-state index is -0.506. The molecule has 4 aromatic rings. The van der Waals surface area contributed by atoms with Crippen LogP contribution in [0.25, 0.3) is 22.6 Å². The van der Waals surface area contributed by atoms with E-state index in [2.05, 4.69) is 15.5 Å². The molecule has 0 bridgehead atoms. The van der Waals surface area contributed by atoms with E-state index in [0.29, 0.717) is 10.8 Å². The zero-order chi connectivity index (χ0) is 25.2. The van der Waals surface area contributed by atoms with Gasteiger partial charge in [-0.1, -0.05) is 48.2 Å². The Kier molecular flexibility index (Phi) is 6.75. The number of fused-ring (bicyclic) bond motifs is 3. The molecule has 0 radical (unpaired) electrons. The molecule has 3 heterocycles. The summed E-state index contributed by atoms with van der Waals surface area (Å²) in [5, 5.41) is 12.4. The molecule has 8 nitrogen and oxygen atoms in total. The van der Waals surface area contributed by atoms with E-state index in [0.717, 1.165) is 33.1 Å². The van der Waals surface area contributed by atoms with Crippen LogP contribution < -0.4 is 5.32 Å². The highest BCUT2D eigenvalue weighted by Crippen LogP contribution is 2.32. The second-order valence-electron chi connectivity index (χ2n) is 8.01. The predicted molar refractivity (Wildman–Crippen MR) is 138 cm³/mol. The summed E-state index contributed by atoms with van der Waals surface area (Å²) in [6.45, 7) is 2.14. The van der Waals surface area contributed by atoms with Gasteiger partial charge in [0.2, 0.25) is 5.91 Å². The lowest BCUT2D eigenvalue weighted by Crippen LogP contribution is -2.37. The Hall–Kier alpha value is -3.70. The summed E-state index contributed by atoms with van der Waals surface area (Å²) >= 11 is 2.01. The van der Waals surface area contributed by atoms with E-state index in [1.165, 1.54) is 30.0 Å². The third-order valence-electron chi connectivity index (χ3n) is 5.63. The molecule has 0 atom stereocenters. The summed E-state index contributed by atoms with van der Waals surface area (Å²) in [5.74, 6) is -1.15. The second kappa shape index (κ2) is 10.1. The molecule has 0 unspecified atom stereocenters. The number of carbonyl (C=O) groups excluding carboxylic acids is 3. The molecular weight excluding hydrogens is 501 g/mol. The number of aryl methyl sites for hydroxylation is 1. The van der Waals surface area contributed by atoms with Crippen molar-refractivity contribution in [2.24, 2.45) is 0 Å². The average molecular weight is 522 g/mol. The van der Waals surface area contributed by atoms with Gasteiger partial charge in [0.25, 0.3) is 11.1 Å². The van der Waals surface area contributed by atoms with Gasteiger partial charge in [-0.3, -0.25) is 23.7 Å². The van der Waals surface area contributed by atoms with Gasteiger partial charge in [-0.25, -0.2) is 4.39 Å². The second-order valence-corrected chi connectivity index (χ2v) is 9.95. The van der Waals surface area contributed by atoms with Crippen LogP contribution in [0.5, 0.6) is 0 Å². The smallest absolute Gasteiger partial charge is 0.293 e. The Morgan fingerprint density at radius 1 is 1.14 bits per heavy atom. The third kappa shape index (κ3) is 4.71. The summed E-state index contributed by atoms with van der Waals surface area (Å²) in [4.78, 5) is 38.5. The molecule has 11 heteroatoms. The largest absolute Gasteiger partial charge is 0.354 e. The number of halogens is 1. The van der Waals surface area contributed by atoms with Gasteiger partial charge in [-0.05, 0) is 48.5 Å². The summed E-state index contributed by atoms with van der Waals surface area (Å²) in [6.07, 6.45) is 1.36. The maximum absolute atomic E-state index is 13.9. The van der Waals surface area contributed by atoms with Crippen LogP contribution in [-0.2, 0) is 9.59 Å². The Labute approximate surface area is 213 Å². The van der Waals surface area contributed by atoms with Crippen LogP contribution in [0.15, 0.2) is 64.7 Å². The highest BCUT2D eigenvalue weighted by molar-refractivity contribution is 8.18. The number of rotatable bonds is 7. The van der Waals surface area contributed by atoms with Gasteiger partial charge in [-0.15, -0.1) is 10.2 Å². The van der Waals surface area contributed by atoms with Crippen molar-refractivity contribution in [3.8, 4) is 0 Å². The molecule has 2 aromatic carbocycles. The van der Waals surface area contributed by atoms with Crippen molar-refractivity contribution in [3.05, 3.63) is 76.4 Å². The molecule has 1 fully saturated rings. The number of pyridine rings is 1. The highest BCUT2D eigenvalue weighted by Gasteiger charge is 2.34. The fourth-order valence-corrected chi connectivity index (χ4v) is 5.52. The first-order valence-corrected chi connectivity index (χ1v) is 12.9. The maximum Gasteiger partial charge on any atom is 0.293 e. The van der Waals surface area contributed by atoms with E-state index in [-0.39, 0.29) is 35.2 Å². The molecule has 1 saturated heterocycles. The van der Waals surface area contributed by atoms with E-state index in [1.807, 2.05) is 41.7 Å². The topological polar surface area (TPSA) is 96.7 Å². The van der Waals surface area contributed by atoms with Crippen LogP contribution in [0.3, 0.4) is 0 Å². The monoisotopic (exact) mass is 521 g/mol. The minimum Gasteiger partial charge on any atom is -0.354 e. The van der Waals surface area contributed by atoms with Gasteiger partial charge in [0, 0.05) is 24.0 Å². The number of imide groups is 1. The summed E-state index contributed by atoms with van der Waals surface area (Å²) in [6, 6.07) is 15.9. The molecule has 1 aliphatic rings. The number of benzene rings is 2. The zero-order valence-corrected chi connectivity index (χ0v) is 20.7. The molecule has 0 spiro atoms. The van der Waals surface area contributed by atoms with Crippen molar-refractivity contribution in [1.82, 2.24) is 24.8 Å². The van der Waals surface area contributed by atoms with Crippen LogP contribution in [-0.4, -0.2) is 55.4 Å². The van der Waals surface area contributed by atoms with Crippen molar-refractivity contribution >= 4 is 63.2 Å². The SMILES string of the molecule is Cc1cc2nnc(SCC(=O)NCCN3C(=O)S/C(=C/c4ccccc4F)C3=O)n2c2ccccc12. The summed E-state index contributed by atoms with van der Waals surface area (Å²) in [5.41, 5.74) is 2.99. The number of para-hydroxylation sites is 1. The van der Waals surface area contributed by atoms with Crippen molar-refractivity contribution < 1.29 is 18.8 Å². The number of carbonyl (C=O) groups is 3. The number of hydrogen-bond donors (Lipinski definition) is 1. The standard InChI is InChI=1S/C25H20FN5O3S2/c1-15-12-21-28-29-24(31(21)19-9-5-3-7-17(15)19)35-14-22(32)27-10-11-30-23(33)20(36-25(30)34)13-16-6-2-4-8-18(16)26/h2-9,12-13H,10-11,14H2,1H3,(H,27,32)/b20-13+. The molecule has 1 aliphatic heterocycles. The average Bonchev–Trinajstić information content (AvgIpc) is 3.40. The Balaban J connectivity index is 1.18. The lowest BCUT2D eigenvalue weighted by molar-refractivity contribution is -0.123. The normalized spacial score (nSPS) is 14.9. The fourth-order valence-electron chi connectivity index (χ4n) is 3.88. The Morgan fingerprint density at radius 3 is 2.75 bits per heavy atom. The number of thioether (sulfide) groups is 2. The van der Waals surface area contributed by atoms with E-state index >= 15 is 0 Å². The van der Waals surface area contributed by atoms with Gasteiger partial charge in [0.05, 0.1) is 16.2 Å². The number of nitrogens with one attached hydrogen (secondary N) is 1. The van der Waals surface area contributed by atoms with Crippen molar-refractivity contribution in [1.29, 1.82) is 0 Å². The first-order valence-electron chi connectivity index (χ1n) is 11.1. The zero-order valence-electron chi connectivity index (χ0n) is 19.1. The van der Waals surface area contributed by atoms with E-state index < -0.39 is 17.0 Å². The van der Waals surface area contributed by atoms with Crippen molar-refractivity contribution in [3.63, 3.8) is 0 Å². The predicted octanol–water partition coefficient (Wildman–Crippen LogP) is 4.27. The Bertz CT molecular complexity index is 1550. The fraction of sp³-hybridized carbons (Fsp3) is 0.160. The molecule has 0 saturated carbocycles. The van der Waals surface area contributed by atoms with Crippen LogP contribution in [0.2, 0.25) is 0 Å². The lowest BCUT2D eigenvalue weighted by atomic mass is 10.1. The number of hydrogen-bond acceptors (Lipinski definition) is 7. The van der Waals surface area contributed by atoms with Crippen molar-refractivity contribution in [2.75, 3.05) is 18.8 Å². The van der Waals surface area contributed by atoms with E-state index in [1.54, 1.807) is 12.1 Å². The molecule has 0 aliphatic carbocycles. The van der Waals surface area contributed by atoms with Gasteiger partial charge >= 0.3 is 0 Å². The maximum atomic E-state index is 13.9.